The van der Waals surface area contributed by atoms with Gasteiger partial charge in [0.1, 0.15) is 11.6 Å². The number of amides is 1. The van der Waals surface area contributed by atoms with Gasteiger partial charge < -0.3 is 9.47 Å². The summed E-state index contributed by atoms with van der Waals surface area (Å²) in [6, 6.07) is 29.2. The Bertz CT molecular complexity index is 1500. The van der Waals surface area contributed by atoms with Gasteiger partial charge in [0.25, 0.3) is 0 Å². The summed E-state index contributed by atoms with van der Waals surface area (Å²) < 4.78 is 16.6. The first kappa shape index (κ1) is 19.7. The average molecular weight is 436 g/mol. The molecule has 33 heavy (non-hydrogen) atoms. The van der Waals surface area contributed by atoms with Crippen molar-refractivity contribution in [3.63, 3.8) is 0 Å². The van der Waals surface area contributed by atoms with Gasteiger partial charge in [0.15, 0.2) is 0 Å². The van der Waals surface area contributed by atoms with Gasteiger partial charge in [-0.3, -0.25) is 4.79 Å². The number of nitrogens with zero attached hydrogens (tertiary/aromatic N) is 3. The van der Waals surface area contributed by atoms with Crippen LogP contribution in [0.15, 0.2) is 91.0 Å². The summed E-state index contributed by atoms with van der Waals surface area (Å²) >= 11 is 0. The Morgan fingerprint density at radius 2 is 1.64 bits per heavy atom. The fraction of sp³-hybridized carbons (Fsp3) is 0.143. The van der Waals surface area contributed by atoms with Crippen LogP contribution in [0.2, 0.25) is 0 Å². The first-order valence-electron chi connectivity index (χ1n) is 11.2. The SMILES string of the molecule is O=C1CC(c2nc3ccccc3n2Cc2cccc3ccccc23)CN1c1ccccc1F. The molecule has 5 aromatic rings. The van der Waals surface area contributed by atoms with E-state index in [0.717, 1.165) is 16.9 Å². The van der Waals surface area contributed by atoms with Gasteiger partial charge in [-0.2, -0.15) is 0 Å². The maximum absolute atomic E-state index is 14.4. The Kier molecular flexibility index (Phi) is 4.68. The smallest absolute Gasteiger partial charge is 0.227 e. The van der Waals surface area contributed by atoms with E-state index in [1.807, 2.05) is 24.3 Å². The number of para-hydroxylation sites is 3. The van der Waals surface area contributed by atoms with Gasteiger partial charge in [0.05, 0.1) is 16.7 Å². The number of hydrogen-bond acceptors (Lipinski definition) is 2. The normalized spacial score (nSPS) is 16.2. The van der Waals surface area contributed by atoms with Crippen molar-refractivity contribution in [1.29, 1.82) is 0 Å². The van der Waals surface area contributed by atoms with Crippen molar-refractivity contribution in [3.05, 3.63) is 108 Å². The minimum Gasteiger partial charge on any atom is -0.323 e. The summed E-state index contributed by atoms with van der Waals surface area (Å²) in [6.07, 6.45) is 0.313. The lowest BCUT2D eigenvalue weighted by Crippen LogP contribution is -2.25. The van der Waals surface area contributed by atoms with Crippen LogP contribution >= 0.6 is 0 Å². The number of carbonyl (C=O) groups excluding carboxylic acids is 1. The molecule has 1 aliphatic heterocycles. The van der Waals surface area contributed by atoms with Crippen molar-refractivity contribution < 1.29 is 9.18 Å². The first-order valence-corrected chi connectivity index (χ1v) is 11.2. The van der Waals surface area contributed by atoms with Crippen molar-refractivity contribution in [1.82, 2.24) is 9.55 Å². The molecule has 1 unspecified atom stereocenters. The van der Waals surface area contributed by atoms with Crippen LogP contribution in [0.4, 0.5) is 10.1 Å². The number of rotatable bonds is 4. The molecule has 0 aliphatic carbocycles. The van der Waals surface area contributed by atoms with E-state index in [1.54, 1.807) is 23.1 Å². The Hall–Kier alpha value is -3.99. The number of carbonyl (C=O) groups is 1. The molecule has 4 nitrogen and oxygen atoms in total. The molecule has 4 aromatic carbocycles. The molecular formula is C28H22FN3O. The molecule has 1 fully saturated rings. The minimum absolute atomic E-state index is 0.0751. The maximum atomic E-state index is 14.4. The van der Waals surface area contributed by atoms with Crippen LogP contribution in [0.3, 0.4) is 0 Å². The highest BCUT2D eigenvalue weighted by molar-refractivity contribution is 5.96. The van der Waals surface area contributed by atoms with Gasteiger partial charge in [0, 0.05) is 25.4 Å². The zero-order valence-corrected chi connectivity index (χ0v) is 18.0. The molecular weight excluding hydrogens is 413 g/mol. The molecule has 1 aromatic heterocycles. The van der Waals surface area contributed by atoms with Crippen LogP contribution in [-0.2, 0) is 11.3 Å². The minimum atomic E-state index is -0.379. The molecule has 0 N–H and O–H groups in total. The molecule has 0 saturated carbocycles. The summed E-state index contributed by atoms with van der Waals surface area (Å²) in [6.45, 7) is 1.07. The molecule has 0 bridgehead atoms. The van der Waals surface area contributed by atoms with Crippen LogP contribution in [0.1, 0.15) is 23.7 Å². The average Bonchev–Trinajstić information content (AvgIpc) is 3.40. The number of imidazole rings is 1. The fourth-order valence-electron chi connectivity index (χ4n) is 4.96. The van der Waals surface area contributed by atoms with Gasteiger partial charge >= 0.3 is 0 Å². The number of benzene rings is 4. The summed E-state index contributed by atoms with van der Waals surface area (Å²) in [5.74, 6) is 0.306. The summed E-state index contributed by atoms with van der Waals surface area (Å²) in [5.41, 5.74) is 3.48. The largest absolute Gasteiger partial charge is 0.323 e. The topological polar surface area (TPSA) is 38.1 Å². The Morgan fingerprint density at radius 3 is 2.55 bits per heavy atom. The van der Waals surface area contributed by atoms with Crippen LogP contribution in [-0.4, -0.2) is 22.0 Å². The van der Waals surface area contributed by atoms with Crippen LogP contribution in [0, 0.1) is 5.82 Å². The summed E-state index contributed by atoms with van der Waals surface area (Å²) in [4.78, 5) is 19.4. The third-order valence-corrected chi connectivity index (χ3v) is 6.53. The second-order valence-corrected chi connectivity index (χ2v) is 8.54. The molecule has 162 valence electrons. The Morgan fingerprint density at radius 1 is 0.879 bits per heavy atom. The summed E-state index contributed by atoms with van der Waals surface area (Å²) in [5, 5.41) is 2.40. The second kappa shape index (κ2) is 7.85. The van der Waals surface area contributed by atoms with Crippen molar-refractivity contribution >= 4 is 33.4 Å². The number of anilines is 1. The predicted molar refractivity (Wildman–Crippen MR) is 129 cm³/mol. The zero-order valence-electron chi connectivity index (χ0n) is 18.0. The van der Waals surface area contributed by atoms with Crippen molar-refractivity contribution in [3.8, 4) is 0 Å². The monoisotopic (exact) mass is 435 g/mol. The molecule has 1 saturated heterocycles. The lowest BCUT2D eigenvalue weighted by molar-refractivity contribution is -0.117. The fourth-order valence-corrected chi connectivity index (χ4v) is 4.96. The van der Waals surface area contributed by atoms with E-state index in [0.29, 0.717) is 25.2 Å². The van der Waals surface area contributed by atoms with Gasteiger partial charge in [-0.15, -0.1) is 0 Å². The van der Waals surface area contributed by atoms with Crippen LogP contribution in [0.5, 0.6) is 0 Å². The van der Waals surface area contributed by atoms with Gasteiger partial charge in [-0.1, -0.05) is 66.7 Å². The highest BCUT2D eigenvalue weighted by Crippen LogP contribution is 2.35. The van der Waals surface area contributed by atoms with Gasteiger partial charge in [-0.05, 0) is 40.6 Å². The van der Waals surface area contributed by atoms with E-state index in [4.69, 9.17) is 4.98 Å². The lowest BCUT2D eigenvalue weighted by atomic mass is 10.0. The highest BCUT2D eigenvalue weighted by atomic mass is 19.1. The molecule has 1 aliphatic rings. The predicted octanol–water partition coefficient (Wildman–Crippen LogP) is 5.90. The van der Waals surface area contributed by atoms with Crippen molar-refractivity contribution in [2.75, 3.05) is 11.4 Å². The molecule has 6 rings (SSSR count). The maximum Gasteiger partial charge on any atom is 0.227 e. The molecule has 0 spiro atoms. The first-order chi connectivity index (χ1) is 16.2. The zero-order chi connectivity index (χ0) is 22.4. The Labute approximate surface area is 190 Å². The van der Waals surface area contributed by atoms with E-state index in [-0.39, 0.29) is 17.6 Å². The third kappa shape index (κ3) is 3.37. The molecule has 1 amide bonds. The summed E-state index contributed by atoms with van der Waals surface area (Å²) in [7, 11) is 0. The molecule has 5 heteroatoms. The third-order valence-electron chi connectivity index (χ3n) is 6.53. The molecule has 1 atom stereocenters. The van der Waals surface area contributed by atoms with Gasteiger partial charge in [-0.25, -0.2) is 9.37 Å². The Balaban J connectivity index is 1.43. The number of fused-ring (bicyclic) bond motifs is 2. The van der Waals surface area contributed by atoms with Crippen LogP contribution in [0.25, 0.3) is 21.8 Å². The highest BCUT2D eigenvalue weighted by Gasteiger charge is 2.35. The standard InChI is InChI=1S/C28H22FN3O/c29-23-12-3-5-14-25(23)31-18-21(16-27(31)33)28-30-24-13-4-6-15-26(24)32(28)17-20-10-7-9-19-8-1-2-11-22(19)20/h1-15,21H,16-18H2. The quantitative estimate of drug-likeness (QED) is 0.353. The number of halogens is 1. The van der Waals surface area contributed by atoms with Crippen molar-refractivity contribution in [2.45, 2.75) is 18.9 Å². The van der Waals surface area contributed by atoms with E-state index >= 15 is 0 Å². The number of hydrogen-bond donors (Lipinski definition) is 0. The number of aromatic nitrogens is 2. The van der Waals surface area contributed by atoms with Crippen molar-refractivity contribution in [2.24, 2.45) is 0 Å². The molecule has 0 radical (unpaired) electrons. The van der Waals surface area contributed by atoms with E-state index < -0.39 is 0 Å². The lowest BCUT2D eigenvalue weighted by Gasteiger charge is -2.18. The van der Waals surface area contributed by atoms with E-state index in [9.17, 15) is 9.18 Å². The van der Waals surface area contributed by atoms with E-state index in [2.05, 4.69) is 47.0 Å². The van der Waals surface area contributed by atoms with Crippen LogP contribution < -0.4 is 4.90 Å². The van der Waals surface area contributed by atoms with Gasteiger partial charge in [0.2, 0.25) is 5.91 Å². The van der Waals surface area contributed by atoms with E-state index in [1.165, 1.54) is 22.4 Å². The second-order valence-electron chi connectivity index (χ2n) is 8.54. The molecule has 2 heterocycles.